The fraction of sp³-hybridized carbons (Fsp3) is 0.333. The lowest BCUT2D eigenvalue weighted by atomic mass is 10.2. The number of rotatable bonds is 5. The van der Waals surface area contributed by atoms with E-state index >= 15 is 0 Å². The Labute approximate surface area is 105 Å². The smallest absolute Gasteiger partial charge is 0.315 e. The van der Waals surface area contributed by atoms with E-state index in [0.717, 1.165) is 5.56 Å². The van der Waals surface area contributed by atoms with Crippen molar-refractivity contribution >= 4 is 23.4 Å². The molecule has 17 heavy (non-hydrogen) atoms. The number of Topliss-reactive ketones (excluding diaryl/α,β-unsaturated/α-hetero) is 1. The molecule has 0 saturated carbocycles. The molecule has 1 rings (SSSR count). The Balaban J connectivity index is 2.26. The molecule has 2 amide bonds. The zero-order chi connectivity index (χ0) is 12.7. The van der Waals surface area contributed by atoms with Gasteiger partial charge in [-0.25, -0.2) is 4.79 Å². The van der Waals surface area contributed by atoms with Crippen LogP contribution < -0.4 is 10.6 Å². The van der Waals surface area contributed by atoms with Crippen LogP contribution in [0.15, 0.2) is 24.3 Å². The van der Waals surface area contributed by atoms with Crippen LogP contribution in [0, 0.1) is 0 Å². The first-order valence-corrected chi connectivity index (χ1v) is 5.71. The van der Waals surface area contributed by atoms with E-state index in [9.17, 15) is 9.59 Å². The minimum Gasteiger partial charge on any atom is -0.338 e. The molecule has 0 aliphatic carbocycles. The van der Waals surface area contributed by atoms with Crippen LogP contribution in [0.5, 0.6) is 0 Å². The summed E-state index contributed by atoms with van der Waals surface area (Å²) in [7, 11) is 0. The van der Waals surface area contributed by atoms with E-state index in [1.807, 2.05) is 12.1 Å². The monoisotopic (exact) mass is 254 g/mol. The molecule has 2 N–H and O–H groups in total. The molecule has 0 aliphatic heterocycles. The molecular formula is C12H15ClN2O2. The molecule has 92 valence electrons. The van der Waals surface area contributed by atoms with Crippen LogP contribution in [0.1, 0.15) is 18.9 Å². The van der Waals surface area contributed by atoms with E-state index in [4.69, 9.17) is 11.6 Å². The van der Waals surface area contributed by atoms with E-state index in [2.05, 4.69) is 10.6 Å². The van der Waals surface area contributed by atoms with E-state index in [0.29, 0.717) is 24.5 Å². The summed E-state index contributed by atoms with van der Waals surface area (Å²) < 4.78 is 0. The van der Waals surface area contributed by atoms with Crippen molar-refractivity contribution in [3.8, 4) is 0 Å². The summed E-state index contributed by atoms with van der Waals surface area (Å²) in [6, 6.07) is 6.98. The highest BCUT2D eigenvalue weighted by Crippen LogP contribution is 2.09. The molecule has 0 aromatic heterocycles. The predicted molar refractivity (Wildman–Crippen MR) is 67.0 cm³/mol. The maximum Gasteiger partial charge on any atom is 0.315 e. The van der Waals surface area contributed by atoms with Crippen molar-refractivity contribution in [3.05, 3.63) is 34.9 Å². The van der Waals surface area contributed by atoms with Crippen molar-refractivity contribution in [1.29, 1.82) is 0 Å². The number of amides is 2. The van der Waals surface area contributed by atoms with Gasteiger partial charge in [0.1, 0.15) is 5.78 Å². The number of nitrogens with one attached hydrogen (secondary N) is 2. The molecular weight excluding hydrogens is 240 g/mol. The first-order chi connectivity index (χ1) is 8.08. The number of hydrogen-bond donors (Lipinski definition) is 2. The summed E-state index contributed by atoms with van der Waals surface area (Å²) in [5.74, 6) is 0.0557. The van der Waals surface area contributed by atoms with Gasteiger partial charge in [0, 0.05) is 24.5 Å². The second-order valence-electron chi connectivity index (χ2n) is 3.69. The van der Waals surface area contributed by atoms with E-state index in [-0.39, 0.29) is 11.8 Å². The van der Waals surface area contributed by atoms with Crippen LogP contribution in [0.4, 0.5) is 4.79 Å². The lowest BCUT2D eigenvalue weighted by molar-refractivity contribution is -0.116. The van der Waals surface area contributed by atoms with Gasteiger partial charge in [0.05, 0.1) is 0 Å². The lowest BCUT2D eigenvalue weighted by Crippen LogP contribution is -2.36. The van der Waals surface area contributed by atoms with Crippen molar-refractivity contribution in [2.45, 2.75) is 19.9 Å². The van der Waals surface area contributed by atoms with E-state index < -0.39 is 0 Å². The number of carbonyl (C=O) groups excluding carboxylic acids is 2. The normalized spacial score (nSPS) is 9.76. The Morgan fingerprint density at radius 3 is 2.71 bits per heavy atom. The largest absolute Gasteiger partial charge is 0.338 e. The maximum absolute atomic E-state index is 11.3. The summed E-state index contributed by atoms with van der Waals surface area (Å²) in [5, 5.41) is 5.91. The first kappa shape index (κ1) is 13.5. The molecule has 0 radical (unpaired) electrons. The van der Waals surface area contributed by atoms with Gasteiger partial charge in [0.15, 0.2) is 0 Å². The summed E-state index contributed by atoms with van der Waals surface area (Å²) in [4.78, 5) is 22.0. The highest BCUT2D eigenvalue weighted by molar-refractivity contribution is 6.30. The van der Waals surface area contributed by atoms with Crippen molar-refractivity contribution < 1.29 is 9.59 Å². The average molecular weight is 255 g/mol. The van der Waals surface area contributed by atoms with E-state index in [1.54, 1.807) is 12.1 Å². The van der Waals surface area contributed by atoms with Gasteiger partial charge in [0.25, 0.3) is 0 Å². The maximum atomic E-state index is 11.3. The number of ketones is 1. The third-order valence-corrected chi connectivity index (χ3v) is 2.34. The molecule has 1 aromatic rings. The van der Waals surface area contributed by atoms with Gasteiger partial charge in [0.2, 0.25) is 0 Å². The van der Waals surface area contributed by atoms with Crippen molar-refractivity contribution in [1.82, 2.24) is 10.6 Å². The lowest BCUT2D eigenvalue weighted by Gasteiger charge is -2.07. The fourth-order valence-electron chi connectivity index (χ4n) is 1.24. The molecule has 4 nitrogen and oxygen atoms in total. The third kappa shape index (κ3) is 5.92. The minimum atomic E-state index is -0.286. The van der Waals surface area contributed by atoms with Gasteiger partial charge in [-0.15, -0.1) is 0 Å². The zero-order valence-electron chi connectivity index (χ0n) is 9.63. The molecule has 1 aromatic carbocycles. The van der Waals surface area contributed by atoms with Gasteiger partial charge in [-0.3, -0.25) is 4.79 Å². The number of hydrogen-bond acceptors (Lipinski definition) is 2. The van der Waals surface area contributed by atoms with Crippen LogP contribution >= 0.6 is 11.6 Å². The standard InChI is InChI=1S/C12H15ClN2O2/c1-9(16)5-6-14-12(17)15-8-10-3-2-4-11(13)7-10/h2-4,7H,5-6,8H2,1H3,(H2,14,15,17). The number of carbonyl (C=O) groups is 2. The Morgan fingerprint density at radius 1 is 1.29 bits per heavy atom. The quantitative estimate of drug-likeness (QED) is 0.846. The summed E-state index contributed by atoms with van der Waals surface area (Å²) in [6.07, 6.45) is 0.352. The molecule has 0 heterocycles. The van der Waals surface area contributed by atoms with Crippen LogP contribution in [-0.2, 0) is 11.3 Å². The molecule has 0 bridgehead atoms. The summed E-state index contributed by atoms with van der Waals surface area (Å²) >= 11 is 5.81. The number of urea groups is 1. The SMILES string of the molecule is CC(=O)CCNC(=O)NCc1cccc(Cl)c1. The Bertz CT molecular complexity index is 407. The Morgan fingerprint density at radius 2 is 2.06 bits per heavy atom. The molecule has 0 fully saturated rings. The summed E-state index contributed by atoms with van der Waals surface area (Å²) in [6.45, 7) is 2.26. The Kier molecular flexibility index (Phi) is 5.49. The predicted octanol–water partition coefficient (Wildman–Crippen LogP) is 2.12. The van der Waals surface area contributed by atoms with Crippen LogP contribution in [0.25, 0.3) is 0 Å². The first-order valence-electron chi connectivity index (χ1n) is 5.33. The van der Waals surface area contributed by atoms with Crippen molar-refractivity contribution in [2.24, 2.45) is 0 Å². The zero-order valence-corrected chi connectivity index (χ0v) is 10.4. The van der Waals surface area contributed by atoms with Gasteiger partial charge in [-0.2, -0.15) is 0 Å². The molecule has 0 saturated heterocycles. The van der Waals surface area contributed by atoms with Gasteiger partial charge in [-0.05, 0) is 24.6 Å². The van der Waals surface area contributed by atoms with Gasteiger partial charge in [-0.1, -0.05) is 23.7 Å². The average Bonchev–Trinajstić information content (AvgIpc) is 2.26. The number of halogens is 1. The van der Waals surface area contributed by atoms with Crippen LogP contribution in [0.3, 0.4) is 0 Å². The highest BCUT2D eigenvalue weighted by atomic mass is 35.5. The molecule has 0 atom stereocenters. The number of benzene rings is 1. The van der Waals surface area contributed by atoms with E-state index in [1.165, 1.54) is 6.92 Å². The molecule has 0 aliphatic rings. The minimum absolute atomic E-state index is 0.0557. The van der Waals surface area contributed by atoms with Crippen LogP contribution in [-0.4, -0.2) is 18.4 Å². The topological polar surface area (TPSA) is 58.2 Å². The Hall–Kier alpha value is -1.55. The van der Waals surface area contributed by atoms with Gasteiger partial charge < -0.3 is 10.6 Å². The third-order valence-electron chi connectivity index (χ3n) is 2.10. The van der Waals surface area contributed by atoms with Crippen molar-refractivity contribution in [3.63, 3.8) is 0 Å². The summed E-state index contributed by atoms with van der Waals surface area (Å²) in [5.41, 5.74) is 0.930. The molecule has 5 heteroatoms. The van der Waals surface area contributed by atoms with Crippen LogP contribution in [0.2, 0.25) is 5.02 Å². The second-order valence-corrected chi connectivity index (χ2v) is 4.13. The molecule has 0 spiro atoms. The second kappa shape index (κ2) is 6.91. The van der Waals surface area contributed by atoms with Crippen molar-refractivity contribution in [2.75, 3.05) is 6.54 Å². The van der Waals surface area contributed by atoms with Gasteiger partial charge >= 0.3 is 6.03 Å². The fourth-order valence-corrected chi connectivity index (χ4v) is 1.46. The molecule has 0 unspecified atom stereocenters. The highest BCUT2D eigenvalue weighted by Gasteiger charge is 2.01.